The average Bonchev–Trinajstić information content (AvgIpc) is 2.52. The maximum Gasteiger partial charge on any atom is 0.0630 e. The number of halogens is 1. The predicted octanol–water partition coefficient (Wildman–Crippen LogP) is 3.27. The van der Waals surface area contributed by atoms with Gasteiger partial charge in [0.05, 0.1) is 5.69 Å². The van der Waals surface area contributed by atoms with Crippen LogP contribution < -0.4 is 0 Å². The van der Waals surface area contributed by atoms with Crippen LogP contribution in [0.5, 0.6) is 0 Å². The number of hydrogen-bond donors (Lipinski definition) is 0. The normalized spacial score (nSPS) is 12.4. The van der Waals surface area contributed by atoms with E-state index >= 15 is 0 Å². The standard InChI is InChI=1S/C11H19ClN2/c1-9(2)14-6-5-10(13-14)7-11(3,4)8-12/h5-6,9H,7-8H2,1-4H3. The SMILES string of the molecule is CC(C)n1ccc(CC(C)(C)CCl)n1. The van der Waals surface area contributed by atoms with Crippen LogP contribution in [0.1, 0.15) is 39.4 Å². The first-order valence-corrected chi connectivity index (χ1v) is 5.58. The van der Waals surface area contributed by atoms with Crippen molar-refractivity contribution >= 4 is 11.6 Å². The average molecular weight is 215 g/mol. The molecule has 0 aliphatic rings. The van der Waals surface area contributed by atoms with Gasteiger partial charge >= 0.3 is 0 Å². The highest BCUT2D eigenvalue weighted by molar-refractivity contribution is 6.18. The summed E-state index contributed by atoms with van der Waals surface area (Å²) in [6, 6.07) is 2.51. The highest BCUT2D eigenvalue weighted by Crippen LogP contribution is 2.22. The lowest BCUT2D eigenvalue weighted by Crippen LogP contribution is -2.17. The largest absolute Gasteiger partial charge is 0.270 e. The molecule has 0 N–H and O–H groups in total. The monoisotopic (exact) mass is 214 g/mol. The minimum Gasteiger partial charge on any atom is -0.270 e. The summed E-state index contributed by atoms with van der Waals surface area (Å²) in [6.45, 7) is 8.58. The molecule has 80 valence electrons. The summed E-state index contributed by atoms with van der Waals surface area (Å²) in [4.78, 5) is 0. The third-order valence-corrected chi connectivity index (χ3v) is 2.94. The van der Waals surface area contributed by atoms with E-state index in [0.717, 1.165) is 12.1 Å². The molecular formula is C11H19ClN2. The second kappa shape index (κ2) is 4.35. The highest BCUT2D eigenvalue weighted by atomic mass is 35.5. The van der Waals surface area contributed by atoms with Gasteiger partial charge in [-0.1, -0.05) is 13.8 Å². The summed E-state index contributed by atoms with van der Waals surface area (Å²) in [5.74, 6) is 0.668. The Hall–Kier alpha value is -0.500. The van der Waals surface area contributed by atoms with Crippen LogP contribution in [0.15, 0.2) is 12.3 Å². The van der Waals surface area contributed by atoms with Crippen LogP contribution in [0.3, 0.4) is 0 Å². The zero-order valence-electron chi connectivity index (χ0n) is 9.42. The van der Waals surface area contributed by atoms with Crippen LogP contribution in [-0.4, -0.2) is 15.7 Å². The summed E-state index contributed by atoms with van der Waals surface area (Å²) in [6.07, 6.45) is 2.97. The van der Waals surface area contributed by atoms with E-state index in [9.17, 15) is 0 Å². The Balaban J connectivity index is 2.69. The van der Waals surface area contributed by atoms with E-state index in [4.69, 9.17) is 11.6 Å². The third kappa shape index (κ3) is 3.02. The molecule has 0 atom stereocenters. The van der Waals surface area contributed by atoms with Crippen molar-refractivity contribution in [2.24, 2.45) is 5.41 Å². The van der Waals surface area contributed by atoms with Gasteiger partial charge in [-0.2, -0.15) is 5.10 Å². The quantitative estimate of drug-likeness (QED) is 0.704. The van der Waals surface area contributed by atoms with Gasteiger partial charge in [0.1, 0.15) is 0 Å². The summed E-state index contributed by atoms with van der Waals surface area (Å²) in [5.41, 5.74) is 1.27. The van der Waals surface area contributed by atoms with E-state index in [0.29, 0.717) is 11.9 Å². The maximum absolute atomic E-state index is 5.88. The van der Waals surface area contributed by atoms with Crippen LogP contribution in [0.2, 0.25) is 0 Å². The van der Waals surface area contributed by atoms with Gasteiger partial charge in [0.2, 0.25) is 0 Å². The molecule has 0 spiro atoms. The highest BCUT2D eigenvalue weighted by Gasteiger charge is 2.18. The first-order chi connectivity index (χ1) is 6.44. The fourth-order valence-corrected chi connectivity index (χ4v) is 1.39. The number of rotatable bonds is 4. The molecule has 14 heavy (non-hydrogen) atoms. The zero-order valence-corrected chi connectivity index (χ0v) is 10.2. The molecule has 0 radical (unpaired) electrons. The lowest BCUT2D eigenvalue weighted by atomic mass is 9.90. The van der Waals surface area contributed by atoms with Crippen molar-refractivity contribution in [1.29, 1.82) is 0 Å². The number of nitrogens with zero attached hydrogens (tertiary/aromatic N) is 2. The van der Waals surface area contributed by atoms with Crippen LogP contribution in [0.25, 0.3) is 0 Å². The van der Waals surface area contributed by atoms with Gasteiger partial charge in [0, 0.05) is 18.1 Å². The first kappa shape index (κ1) is 11.6. The Labute approximate surface area is 91.3 Å². The summed E-state index contributed by atoms with van der Waals surface area (Å²) in [5, 5.41) is 4.50. The molecule has 0 saturated heterocycles. The smallest absolute Gasteiger partial charge is 0.0630 e. The van der Waals surface area contributed by atoms with Gasteiger partial charge < -0.3 is 0 Å². The van der Waals surface area contributed by atoms with Gasteiger partial charge in [-0.05, 0) is 31.7 Å². The van der Waals surface area contributed by atoms with Crippen LogP contribution in [0, 0.1) is 5.41 Å². The fourth-order valence-electron chi connectivity index (χ4n) is 1.30. The molecule has 1 rings (SSSR count). The van der Waals surface area contributed by atoms with E-state index in [1.54, 1.807) is 0 Å². The maximum atomic E-state index is 5.88. The van der Waals surface area contributed by atoms with Gasteiger partial charge in [-0.25, -0.2) is 0 Å². The predicted molar refractivity (Wildman–Crippen MR) is 60.8 cm³/mol. The van der Waals surface area contributed by atoms with Crippen LogP contribution in [0.4, 0.5) is 0 Å². The Morgan fingerprint density at radius 2 is 2.14 bits per heavy atom. The molecule has 1 aromatic rings. The van der Waals surface area contributed by atoms with Gasteiger partial charge in [-0.3, -0.25) is 4.68 Å². The molecule has 0 amide bonds. The van der Waals surface area contributed by atoms with Crippen molar-refractivity contribution in [3.8, 4) is 0 Å². The van der Waals surface area contributed by atoms with Crippen LogP contribution in [-0.2, 0) is 6.42 Å². The van der Waals surface area contributed by atoms with Crippen molar-refractivity contribution in [1.82, 2.24) is 9.78 Å². The molecule has 0 fully saturated rings. The minimum absolute atomic E-state index is 0.137. The molecule has 1 heterocycles. The van der Waals surface area contributed by atoms with Crippen LogP contribution >= 0.6 is 11.6 Å². The van der Waals surface area contributed by atoms with E-state index in [2.05, 4.69) is 38.9 Å². The van der Waals surface area contributed by atoms with Gasteiger partial charge in [0.15, 0.2) is 0 Å². The second-order valence-corrected chi connectivity index (χ2v) is 5.12. The molecule has 0 unspecified atom stereocenters. The number of hydrogen-bond acceptors (Lipinski definition) is 1. The van der Waals surface area contributed by atoms with Crippen molar-refractivity contribution < 1.29 is 0 Å². The van der Waals surface area contributed by atoms with E-state index in [-0.39, 0.29) is 5.41 Å². The summed E-state index contributed by atoms with van der Waals surface area (Å²) in [7, 11) is 0. The van der Waals surface area contributed by atoms with Crippen molar-refractivity contribution in [2.75, 3.05) is 5.88 Å². The topological polar surface area (TPSA) is 17.8 Å². The lowest BCUT2D eigenvalue weighted by molar-refractivity contribution is 0.407. The van der Waals surface area contributed by atoms with Crippen molar-refractivity contribution in [3.05, 3.63) is 18.0 Å². The molecule has 0 aromatic carbocycles. The minimum atomic E-state index is 0.137. The van der Waals surface area contributed by atoms with Gasteiger partial charge in [-0.15, -0.1) is 11.6 Å². The Bertz CT molecular complexity index is 289. The molecule has 1 aromatic heterocycles. The van der Waals surface area contributed by atoms with E-state index in [1.165, 1.54) is 0 Å². The van der Waals surface area contributed by atoms with E-state index < -0.39 is 0 Å². The molecule has 0 aliphatic carbocycles. The third-order valence-electron chi connectivity index (χ3n) is 2.21. The molecule has 0 bridgehead atoms. The molecule has 3 heteroatoms. The summed E-state index contributed by atoms with van der Waals surface area (Å²) >= 11 is 5.88. The van der Waals surface area contributed by atoms with Gasteiger partial charge in [0.25, 0.3) is 0 Å². The second-order valence-electron chi connectivity index (χ2n) is 4.86. The molecule has 0 aliphatic heterocycles. The van der Waals surface area contributed by atoms with Crippen molar-refractivity contribution in [3.63, 3.8) is 0 Å². The van der Waals surface area contributed by atoms with E-state index in [1.807, 2.05) is 10.9 Å². The first-order valence-electron chi connectivity index (χ1n) is 5.04. The number of alkyl halides is 1. The Kier molecular flexibility index (Phi) is 3.59. The molecule has 0 saturated carbocycles. The number of aromatic nitrogens is 2. The summed E-state index contributed by atoms with van der Waals surface area (Å²) < 4.78 is 1.99. The zero-order chi connectivity index (χ0) is 10.8. The Morgan fingerprint density at radius 3 is 2.57 bits per heavy atom. The molecule has 2 nitrogen and oxygen atoms in total. The van der Waals surface area contributed by atoms with Crippen molar-refractivity contribution in [2.45, 2.75) is 40.2 Å². The molecular weight excluding hydrogens is 196 g/mol. The lowest BCUT2D eigenvalue weighted by Gasteiger charge is -2.19. The Morgan fingerprint density at radius 1 is 1.50 bits per heavy atom. The fraction of sp³-hybridized carbons (Fsp3) is 0.727.